The van der Waals surface area contributed by atoms with Crippen LogP contribution in [0.2, 0.25) is 0 Å². The zero-order valence-corrected chi connectivity index (χ0v) is 7.63. The van der Waals surface area contributed by atoms with Crippen molar-refractivity contribution in [2.24, 2.45) is 0 Å². The number of halogens is 2. The van der Waals surface area contributed by atoms with E-state index >= 15 is 0 Å². The Morgan fingerprint density at radius 1 is 1.43 bits per heavy atom. The fraction of sp³-hybridized carbons (Fsp3) is 0.200. The van der Waals surface area contributed by atoms with Gasteiger partial charge in [-0.3, -0.25) is 0 Å². The van der Waals surface area contributed by atoms with Gasteiger partial charge in [0, 0.05) is 0 Å². The molecule has 76 valence electrons. The fourth-order valence-electron chi connectivity index (χ4n) is 1.08. The molecular formula is C10H10F2O2. The SMILES string of the molecule is C=CC(O)c1cc(F)c(OC)c(F)c1. The molecule has 0 aliphatic rings. The van der Waals surface area contributed by atoms with Crippen LogP contribution in [0.1, 0.15) is 11.7 Å². The van der Waals surface area contributed by atoms with Crippen LogP contribution in [0, 0.1) is 11.6 Å². The highest BCUT2D eigenvalue weighted by molar-refractivity contribution is 5.33. The number of rotatable bonds is 3. The van der Waals surface area contributed by atoms with Crippen molar-refractivity contribution in [3.8, 4) is 5.75 Å². The minimum Gasteiger partial charge on any atom is -0.491 e. The molecule has 0 saturated heterocycles. The lowest BCUT2D eigenvalue weighted by atomic mass is 10.1. The highest BCUT2D eigenvalue weighted by Gasteiger charge is 2.14. The molecule has 0 amide bonds. The van der Waals surface area contributed by atoms with E-state index in [0.717, 1.165) is 12.1 Å². The Hall–Kier alpha value is -1.42. The first-order valence-electron chi connectivity index (χ1n) is 3.93. The minimum atomic E-state index is -1.08. The van der Waals surface area contributed by atoms with Crippen LogP contribution in [0.3, 0.4) is 0 Å². The van der Waals surface area contributed by atoms with Gasteiger partial charge in [0.15, 0.2) is 17.4 Å². The standard InChI is InChI=1S/C10H10F2O2/c1-3-9(13)6-4-7(11)10(14-2)8(12)5-6/h3-5,9,13H,1H2,2H3. The third-order valence-electron chi connectivity index (χ3n) is 1.79. The van der Waals surface area contributed by atoms with E-state index in [-0.39, 0.29) is 5.56 Å². The lowest BCUT2D eigenvalue weighted by Crippen LogP contribution is -1.99. The molecule has 0 radical (unpaired) electrons. The van der Waals surface area contributed by atoms with Crippen molar-refractivity contribution in [1.29, 1.82) is 0 Å². The van der Waals surface area contributed by atoms with Crippen molar-refractivity contribution >= 4 is 0 Å². The molecule has 1 unspecified atom stereocenters. The van der Waals surface area contributed by atoms with Crippen molar-refractivity contribution in [3.63, 3.8) is 0 Å². The Balaban J connectivity index is 3.20. The summed E-state index contributed by atoms with van der Waals surface area (Å²) in [6.07, 6.45) is 0.102. The first kappa shape index (κ1) is 10.7. The fourth-order valence-corrected chi connectivity index (χ4v) is 1.08. The third kappa shape index (κ3) is 1.90. The lowest BCUT2D eigenvalue weighted by molar-refractivity contribution is 0.227. The molecule has 0 bridgehead atoms. The van der Waals surface area contributed by atoms with Crippen LogP contribution in [-0.2, 0) is 0 Å². The molecule has 0 spiro atoms. The molecule has 1 atom stereocenters. The summed E-state index contributed by atoms with van der Waals surface area (Å²) in [5, 5.41) is 9.25. The molecule has 4 heteroatoms. The Bertz CT molecular complexity index is 327. The summed E-state index contributed by atoms with van der Waals surface area (Å²) in [6.45, 7) is 3.31. The maximum Gasteiger partial charge on any atom is 0.190 e. The molecule has 0 saturated carbocycles. The highest BCUT2D eigenvalue weighted by atomic mass is 19.1. The van der Waals surface area contributed by atoms with E-state index in [1.54, 1.807) is 0 Å². The third-order valence-corrected chi connectivity index (χ3v) is 1.79. The molecule has 1 aromatic carbocycles. The maximum atomic E-state index is 13.1. The highest BCUT2D eigenvalue weighted by Crippen LogP contribution is 2.25. The molecule has 2 nitrogen and oxygen atoms in total. The molecule has 1 aromatic rings. The summed E-state index contributed by atoms with van der Waals surface area (Å²) >= 11 is 0. The van der Waals surface area contributed by atoms with Crippen LogP contribution in [0.5, 0.6) is 5.75 Å². The maximum absolute atomic E-state index is 13.1. The summed E-state index contributed by atoms with van der Waals surface area (Å²) < 4.78 is 30.7. The summed E-state index contributed by atoms with van der Waals surface area (Å²) in [6, 6.07) is 2.02. The van der Waals surface area contributed by atoms with Crippen LogP contribution in [0.4, 0.5) is 8.78 Å². The molecule has 1 rings (SSSR count). The zero-order chi connectivity index (χ0) is 10.7. The Kier molecular flexibility index (Phi) is 3.19. The van der Waals surface area contributed by atoms with E-state index in [0.29, 0.717) is 0 Å². The van der Waals surface area contributed by atoms with Crippen molar-refractivity contribution in [1.82, 2.24) is 0 Å². The molecular weight excluding hydrogens is 190 g/mol. The number of aliphatic hydroxyl groups is 1. The van der Waals surface area contributed by atoms with Crippen molar-refractivity contribution < 1.29 is 18.6 Å². The summed E-state index contributed by atoms with van der Waals surface area (Å²) in [7, 11) is 1.17. The van der Waals surface area contributed by atoms with E-state index in [4.69, 9.17) is 0 Å². The predicted octanol–water partition coefficient (Wildman–Crippen LogP) is 2.19. The average Bonchev–Trinajstić information content (AvgIpc) is 2.16. The number of ether oxygens (including phenoxy) is 1. The Labute approximate surface area is 80.4 Å². The van der Waals surface area contributed by atoms with Gasteiger partial charge in [-0.15, -0.1) is 6.58 Å². The van der Waals surface area contributed by atoms with E-state index in [2.05, 4.69) is 11.3 Å². The Morgan fingerprint density at radius 3 is 2.29 bits per heavy atom. The van der Waals surface area contributed by atoms with Crippen LogP contribution >= 0.6 is 0 Å². The van der Waals surface area contributed by atoms with E-state index < -0.39 is 23.5 Å². The number of benzene rings is 1. The van der Waals surface area contributed by atoms with E-state index in [9.17, 15) is 13.9 Å². The van der Waals surface area contributed by atoms with Gasteiger partial charge in [-0.2, -0.15) is 0 Å². The second kappa shape index (κ2) is 4.19. The quantitative estimate of drug-likeness (QED) is 0.758. The molecule has 14 heavy (non-hydrogen) atoms. The van der Waals surface area contributed by atoms with Gasteiger partial charge in [0.1, 0.15) is 0 Å². The summed E-state index contributed by atoms with van der Waals surface area (Å²) in [4.78, 5) is 0. The number of aliphatic hydroxyl groups excluding tert-OH is 1. The van der Waals surface area contributed by atoms with Gasteiger partial charge in [0.25, 0.3) is 0 Å². The predicted molar refractivity (Wildman–Crippen MR) is 48.1 cm³/mol. The molecule has 0 aromatic heterocycles. The first-order chi connectivity index (χ1) is 6.60. The zero-order valence-electron chi connectivity index (χ0n) is 7.63. The summed E-state index contributed by atoms with van der Waals surface area (Å²) in [5.74, 6) is -2.14. The van der Waals surface area contributed by atoms with Gasteiger partial charge in [-0.05, 0) is 17.7 Å². The van der Waals surface area contributed by atoms with Gasteiger partial charge >= 0.3 is 0 Å². The average molecular weight is 200 g/mol. The van der Waals surface area contributed by atoms with Crippen LogP contribution in [0.25, 0.3) is 0 Å². The molecule has 0 aliphatic carbocycles. The van der Waals surface area contributed by atoms with Crippen molar-refractivity contribution in [2.45, 2.75) is 6.10 Å². The van der Waals surface area contributed by atoms with Crippen molar-refractivity contribution in [3.05, 3.63) is 42.0 Å². The normalized spacial score (nSPS) is 12.3. The molecule has 1 N–H and O–H groups in total. The first-order valence-corrected chi connectivity index (χ1v) is 3.93. The van der Waals surface area contributed by atoms with E-state index in [1.807, 2.05) is 0 Å². The topological polar surface area (TPSA) is 29.5 Å². The van der Waals surface area contributed by atoms with Crippen LogP contribution in [0.15, 0.2) is 24.8 Å². The summed E-state index contributed by atoms with van der Waals surface area (Å²) in [5.41, 5.74) is 0.107. The molecule has 0 heterocycles. The molecule has 0 fully saturated rings. The van der Waals surface area contributed by atoms with Gasteiger partial charge in [0.2, 0.25) is 0 Å². The number of methoxy groups -OCH3 is 1. The van der Waals surface area contributed by atoms with Gasteiger partial charge in [0.05, 0.1) is 13.2 Å². The molecule has 0 aliphatic heterocycles. The van der Waals surface area contributed by atoms with Gasteiger partial charge < -0.3 is 9.84 Å². The lowest BCUT2D eigenvalue weighted by Gasteiger charge is -2.09. The Morgan fingerprint density at radius 2 is 1.93 bits per heavy atom. The monoisotopic (exact) mass is 200 g/mol. The van der Waals surface area contributed by atoms with Gasteiger partial charge in [-0.1, -0.05) is 6.08 Å². The second-order valence-corrected chi connectivity index (χ2v) is 2.70. The second-order valence-electron chi connectivity index (χ2n) is 2.70. The van der Waals surface area contributed by atoms with Crippen LogP contribution < -0.4 is 4.74 Å². The smallest absolute Gasteiger partial charge is 0.190 e. The van der Waals surface area contributed by atoms with Gasteiger partial charge in [-0.25, -0.2) is 8.78 Å². The minimum absolute atomic E-state index is 0.107. The van der Waals surface area contributed by atoms with Crippen LogP contribution in [-0.4, -0.2) is 12.2 Å². The number of hydrogen-bond acceptors (Lipinski definition) is 2. The number of hydrogen-bond donors (Lipinski definition) is 1. The van der Waals surface area contributed by atoms with E-state index in [1.165, 1.54) is 13.2 Å². The largest absolute Gasteiger partial charge is 0.491 e. The van der Waals surface area contributed by atoms with Crippen molar-refractivity contribution in [2.75, 3.05) is 7.11 Å².